The number of nitrogens with zero attached hydrogens (tertiary/aromatic N) is 2. The summed E-state index contributed by atoms with van der Waals surface area (Å²) in [5.41, 5.74) is 0.799. The summed E-state index contributed by atoms with van der Waals surface area (Å²) in [5, 5.41) is 8.84. The second-order valence-electron chi connectivity index (χ2n) is 5.84. The van der Waals surface area contributed by atoms with Crippen molar-refractivity contribution < 1.29 is 23.5 Å². The van der Waals surface area contributed by atoms with Gasteiger partial charge in [-0.2, -0.15) is 5.26 Å². The average Bonchev–Trinajstić information content (AvgIpc) is 2.73. The zero-order chi connectivity index (χ0) is 21.1. The molecule has 0 N–H and O–H groups in total. The maximum atomic E-state index is 13.5. The molecule has 0 fully saturated rings. The Morgan fingerprint density at radius 3 is 2.55 bits per heavy atom. The second-order valence-corrected chi connectivity index (χ2v) is 5.84. The Hall–Kier alpha value is -3.66. The molecule has 7 heteroatoms. The molecule has 0 atom stereocenters. The van der Waals surface area contributed by atoms with Crippen molar-refractivity contribution in [3.05, 3.63) is 66.0 Å². The second kappa shape index (κ2) is 11.2. The van der Waals surface area contributed by atoms with Crippen LogP contribution < -0.4 is 9.64 Å². The number of hydrogen-bond donors (Lipinski definition) is 0. The van der Waals surface area contributed by atoms with Gasteiger partial charge in [0.05, 0.1) is 19.1 Å². The van der Waals surface area contributed by atoms with E-state index in [1.165, 1.54) is 23.1 Å². The van der Waals surface area contributed by atoms with Crippen molar-refractivity contribution in [2.75, 3.05) is 24.7 Å². The van der Waals surface area contributed by atoms with E-state index in [1.54, 1.807) is 36.4 Å². The van der Waals surface area contributed by atoms with E-state index in [2.05, 4.69) is 0 Å². The Kier molecular flexibility index (Phi) is 8.39. The fourth-order valence-electron chi connectivity index (χ4n) is 2.48. The number of hydrogen-bond acceptors (Lipinski definition) is 5. The van der Waals surface area contributed by atoms with E-state index >= 15 is 0 Å². The first-order valence-corrected chi connectivity index (χ1v) is 9.04. The fourth-order valence-corrected chi connectivity index (χ4v) is 2.48. The fraction of sp³-hybridized carbons (Fsp3) is 0.227. The summed E-state index contributed by atoms with van der Waals surface area (Å²) in [6, 6.07) is 14.8. The van der Waals surface area contributed by atoms with Gasteiger partial charge >= 0.3 is 5.97 Å². The van der Waals surface area contributed by atoms with Gasteiger partial charge in [-0.1, -0.05) is 18.2 Å². The topological polar surface area (TPSA) is 79.6 Å². The van der Waals surface area contributed by atoms with Crippen molar-refractivity contribution in [1.29, 1.82) is 5.26 Å². The van der Waals surface area contributed by atoms with Crippen LogP contribution in [-0.4, -0.2) is 31.6 Å². The van der Waals surface area contributed by atoms with Gasteiger partial charge < -0.3 is 14.4 Å². The predicted molar refractivity (Wildman–Crippen MR) is 107 cm³/mol. The molecule has 2 aromatic carbocycles. The first-order chi connectivity index (χ1) is 14.0. The summed E-state index contributed by atoms with van der Waals surface area (Å²) in [7, 11) is 0. The average molecular weight is 396 g/mol. The third-order valence-electron chi connectivity index (χ3n) is 3.85. The number of benzene rings is 2. The molecule has 2 rings (SSSR count). The number of carbonyl (C=O) groups is 2. The zero-order valence-electron chi connectivity index (χ0n) is 16.0. The van der Waals surface area contributed by atoms with E-state index in [4.69, 9.17) is 14.7 Å². The van der Waals surface area contributed by atoms with Gasteiger partial charge in [-0.3, -0.25) is 4.79 Å². The molecule has 0 aromatic heterocycles. The van der Waals surface area contributed by atoms with E-state index in [1.807, 2.05) is 13.0 Å². The van der Waals surface area contributed by atoms with Gasteiger partial charge in [0, 0.05) is 23.9 Å². The molecule has 0 aliphatic carbocycles. The van der Waals surface area contributed by atoms with Gasteiger partial charge in [0.15, 0.2) is 6.61 Å². The molecule has 0 saturated carbocycles. The molecule has 0 aliphatic rings. The number of esters is 1. The molecule has 2 aromatic rings. The number of nitriles is 1. The van der Waals surface area contributed by atoms with E-state index in [0.717, 1.165) is 6.08 Å². The molecule has 1 amide bonds. The van der Waals surface area contributed by atoms with Crippen LogP contribution in [0.2, 0.25) is 0 Å². The lowest BCUT2D eigenvalue weighted by Crippen LogP contribution is -2.35. The Balaban J connectivity index is 1.99. The van der Waals surface area contributed by atoms with Crippen LogP contribution >= 0.6 is 0 Å². The highest BCUT2D eigenvalue weighted by Gasteiger charge is 2.17. The quantitative estimate of drug-likeness (QED) is 0.477. The third kappa shape index (κ3) is 6.78. The zero-order valence-corrected chi connectivity index (χ0v) is 16.0. The first kappa shape index (κ1) is 21.6. The summed E-state index contributed by atoms with van der Waals surface area (Å²) in [6.07, 6.45) is 2.46. The number of rotatable bonds is 9. The highest BCUT2D eigenvalue weighted by atomic mass is 19.1. The summed E-state index contributed by atoms with van der Waals surface area (Å²) < 4.78 is 23.9. The van der Waals surface area contributed by atoms with Crippen molar-refractivity contribution in [1.82, 2.24) is 0 Å². The van der Waals surface area contributed by atoms with Crippen LogP contribution in [-0.2, 0) is 14.3 Å². The monoisotopic (exact) mass is 396 g/mol. The molecule has 6 nitrogen and oxygen atoms in total. The number of carbonyl (C=O) groups excluding carboxylic acids is 2. The molecular weight excluding hydrogens is 375 g/mol. The lowest BCUT2D eigenvalue weighted by Gasteiger charge is -2.21. The minimum Gasteiger partial charge on any atom is -0.494 e. The molecular formula is C22H21FN2O4. The van der Waals surface area contributed by atoms with Gasteiger partial charge in [0.2, 0.25) is 0 Å². The van der Waals surface area contributed by atoms with Gasteiger partial charge in [-0.25, -0.2) is 9.18 Å². The molecule has 0 radical (unpaired) electrons. The summed E-state index contributed by atoms with van der Waals surface area (Å²) in [4.78, 5) is 25.7. The molecule has 29 heavy (non-hydrogen) atoms. The van der Waals surface area contributed by atoms with Crippen LogP contribution in [0.15, 0.2) is 54.6 Å². The molecule has 0 bridgehead atoms. The normalized spacial score (nSPS) is 10.4. The van der Waals surface area contributed by atoms with Crippen molar-refractivity contribution in [2.45, 2.75) is 13.3 Å². The van der Waals surface area contributed by atoms with Crippen LogP contribution in [0.5, 0.6) is 5.75 Å². The Labute approximate surface area is 168 Å². The molecule has 0 unspecified atom stereocenters. The molecule has 0 spiro atoms. The van der Waals surface area contributed by atoms with Crippen LogP contribution in [0.25, 0.3) is 6.08 Å². The lowest BCUT2D eigenvalue weighted by atomic mass is 10.2. The molecule has 0 aliphatic heterocycles. The van der Waals surface area contributed by atoms with E-state index in [0.29, 0.717) is 18.0 Å². The first-order valence-electron chi connectivity index (χ1n) is 9.04. The van der Waals surface area contributed by atoms with Crippen molar-refractivity contribution in [3.63, 3.8) is 0 Å². The summed E-state index contributed by atoms with van der Waals surface area (Å²) in [6.45, 7) is 2.05. The highest BCUT2D eigenvalue weighted by Crippen LogP contribution is 2.20. The molecule has 150 valence electrons. The van der Waals surface area contributed by atoms with E-state index < -0.39 is 24.3 Å². The highest BCUT2D eigenvalue weighted by molar-refractivity contribution is 5.96. The lowest BCUT2D eigenvalue weighted by molar-refractivity contribution is -0.142. The van der Waals surface area contributed by atoms with Crippen LogP contribution in [0.4, 0.5) is 10.1 Å². The smallest absolute Gasteiger partial charge is 0.331 e. The van der Waals surface area contributed by atoms with Gasteiger partial charge in [-0.15, -0.1) is 0 Å². The van der Waals surface area contributed by atoms with Crippen molar-refractivity contribution >= 4 is 23.6 Å². The van der Waals surface area contributed by atoms with Gasteiger partial charge in [0.25, 0.3) is 5.91 Å². The van der Waals surface area contributed by atoms with Crippen LogP contribution in [0.3, 0.4) is 0 Å². The number of amides is 1. The minimum atomic E-state index is -0.770. The predicted octanol–water partition coefficient (Wildman–Crippen LogP) is 3.73. The Bertz CT molecular complexity index is 904. The van der Waals surface area contributed by atoms with Gasteiger partial charge in [0.1, 0.15) is 11.6 Å². The number of anilines is 1. The van der Waals surface area contributed by atoms with Gasteiger partial charge in [-0.05, 0) is 43.3 Å². The summed E-state index contributed by atoms with van der Waals surface area (Å²) in [5.74, 6) is -1.05. The van der Waals surface area contributed by atoms with Crippen molar-refractivity contribution in [3.8, 4) is 11.8 Å². The summed E-state index contributed by atoms with van der Waals surface area (Å²) >= 11 is 0. The third-order valence-corrected chi connectivity index (χ3v) is 3.85. The van der Waals surface area contributed by atoms with E-state index in [9.17, 15) is 14.0 Å². The SMILES string of the molecule is CCOc1ccc(N(CCC#N)C(=O)COC(=O)/C=C/c2ccccc2F)cc1. The van der Waals surface area contributed by atoms with Crippen molar-refractivity contribution in [2.24, 2.45) is 0 Å². The maximum Gasteiger partial charge on any atom is 0.331 e. The van der Waals surface area contributed by atoms with Crippen LogP contribution in [0.1, 0.15) is 18.9 Å². The van der Waals surface area contributed by atoms with Crippen LogP contribution in [0, 0.1) is 17.1 Å². The molecule has 0 heterocycles. The molecule has 0 saturated heterocycles. The standard InChI is InChI=1S/C22H21FN2O4/c1-2-28-19-11-9-18(10-12-19)25(15-5-14-24)21(26)16-29-22(27)13-8-17-6-3-4-7-20(17)23/h3-4,6-13H,2,5,15-16H2,1H3/b13-8+. The Morgan fingerprint density at radius 1 is 1.17 bits per heavy atom. The number of halogens is 1. The Morgan fingerprint density at radius 2 is 1.90 bits per heavy atom. The van der Waals surface area contributed by atoms with E-state index in [-0.39, 0.29) is 18.5 Å². The minimum absolute atomic E-state index is 0.125. The largest absolute Gasteiger partial charge is 0.494 e. The maximum absolute atomic E-state index is 13.5. The number of ether oxygens (including phenoxy) is 2.